The third-order valence-electron chi connectivity index (χ3n) is 5.72. The molecule has 0 atom stereocenters. The molecule has 0 bridgehead atoms. The van der Waals surface area contributed by atoms with Gasteiger partial charge in [0.1, 0.15) is 6.61 Å². The van der Waals surface area contributed by atoms with Gasteiger partial charge in [0.05, 0.1) is 0 Å². The van der Waals surface area contributed by atoms with Gasteiger partial charge in [0.2, 0.25) is 0 Å². The van der Waals surface area contributed by atoms with Crippen LogP contribution in [0.4, 0.5) is 0 Å². The third kappa shape index (κ3) is 25.2. The zero-order chi connectivity index (χ0) is 21.4. The number of carbonyl (C=O) groups excluding carboxylic acids is 1. The molecule has 29 heavy (non-hydrogen) atoms. The molecule has 0 aromatic heterocycles. The Hall–Kier alpha value is -0.790. The predicted molar refractivity (Wildman–Crippen MR) is 128 cm³/mol. The number of carbonyl (C=O) groups is 1. The lowest BCUT2D eigenvalue weighted by atomic mass is 10.0. The van der Waals surface area contributed by atoms with Gasteiger partial charge in [-0.2, -0.15) is 0 Å². The molecule has 0 amide bonds. The fraction of sp³-hybridized carbons (Fsp3) is 0.889. The van der Waals surface area contributed by atoms with E-state index in [0.29, 0.717) is 13.0 Å². The van der Waals surface area contributed by atoms with Gasteiger partial charge in [0.25, 0.3) is 0 Å². The van der Waals surface area contributed by atoms with E-state index in [2.05, 4.69) is 6.92 Å². The maximum Gasteiger partial charge on any atom is 0.306 e. The molecule has 0 aliphatic heterocycles. The van der Waals surface area contributed by atoms with Crippen LogP contribution in [0.2, 0.25) is 0 Å². The van der Waals surface area contributed by atoms with Crippen molar-refractivity contribution in [2.75, 3.05) is 6.61 Å². The molecule has 0 unspecified atom stereocenters. The molecule has 0 aliphatic rings. The van der Waals surface area contributed by atoms with E-state index in [1.165, 1.54) is 115 Å². The van der Waals surface area contributed by atoms with Crippen LogP contribution in [-0.4, -0.2) is 12.6 Å². The van der Waals surface area contributed by atoms with Gasteiger partial charge in [0.15, 0.2) is 0 Å². The predicted octanol–water partition coefficient (Wildman–Crippen LogP) is 9.32. The van der Waals surface area contributed by atoms with E-state index in [1.807, 2.05) is 19.9 Å². The van der Waals surface area contributed by atoms with E-state index in [0.717, 1.165) is 12.8 Å². The fourth-order valence-corrected chi connectivity index (χ4v) is 3.72. The number of unbranched alkanes of at least 4 members (excludes halogenated alkanes) is 18. The molecular formula is C27H52O2. The molecule has 2 nitrogen and oxygen atoms in total. The number of ether oxygens (including phenoxy) is 1. The summed E-state index contributed by atoms with van der Waals surface area (Å²) in [5.41, 5.74) is 1.20. The first-order chi connectivity index (χ1) is 14.2. The summed E-state index contributed by atoms with van der Waals surface area (Å²) in [6, 6.07) is 0. The van der Waals surface area contributed by atoms with Crippen molar-refractivity contribution in [3.63, 3.8) is 0 Å². The molecule has 0 spiro atoms. The van der Waals surface area contributed by atoms with Crippen molar-refractivity contribution in [3.05, 3.63) is 11.6 Å². The zero-order valence-electron chi connectivity index (χ0n) is 20.2. The van der Waals surface area contributed by atoms with Crippen molar-refractivity contribution >= 4 is 5.97 Å². The van der Waals surface area contributed by atoms with E-state index < -0.39 is 0 Å². The Kier molecular flexibility index (Phi) is 22.8. The second-order valence-electron chi connectivity index (χ2n) is 9.08. The van der Waals surface area contributed by atoms with Gasteiger partial charge in [-0.1, -0.05) is 128 Å². The van der Waals surface area contributed by atoms with Crippen molar-refractivity contribution in [2.24, 2.45) is 0 Å². The summed E-state index contributed by atoms with van der Waals surface area (Å²) >= 11 is 0. The summed E-state index contributed by atoms with van der Waals surface area (Å²) in [7, 11) is 0. The first-order valence-corrected chi connectivity index (χ1v) is 13.0. The quantitative estimate of drug-likeness (QED) is 0.101. The van der Waals surface area contributed by atoms with E-state index in [9.17, 15) is 4.79 Å². The van der Waals surface area contributed by atoms with Gasteiger partial charge in [-0.15, -0.1) is 0 Å². The molecule has 0 radical (unpaired) electrons. The lowest BCUT2D eigenvalue weighted by molar-refractivity contribution is -0.142. The number of rotatable bonds is 22. The third-order valence-corrected chi connectivity index (χ3v) is 5.72. The fourth-order valence-electron chi connectivity index (χ4n) is 3.72. The van der Waals surface area contributed by atoms with Crippen molar-refractivity contribution in [3.8, 4) is 0 Å². The van der Waals surface area contributed by atoms with Crippen LogP contribution >= 0.6 is 0 Å². The van der Waals surface area contributed by atoms with Gasteiger partial charge in [-0.05, 0) is 26.3 Å². The molecule has 0 saturated carbocycles. The maximum atomic E-state index is 11.6. The smallest absolute Gasteiger partial charge is 0.306 e. The number of hydrogen-bond acceptors (Lipinski definition) is 2. The second-order valence-corrected chi connectivity index (χ2v) is 9.08. The minimum atomic E-state index is -0.0468. The molecule has 0 heterocycles. The number of hydrogen-bond donors (Lipinski definition) is 0. The van der Waals surface area contributed by atoms with Crippen LogP contribution in [0, 0.1) is 0 Å². The van der Waals surface area contributed by atoms with Gasteiger partial charge in [-0.3, -0.25) is 4.79 Å². The Morgan fingerprint density at radius 3 is 1.28 bits per heavy atom. The summed E-state index contributed by atoms with van der Waals surface area (Å²) in [5, 5.41) is 0. The molecule has 0 N–H and O–H groups in total. The summed E-state index contributed by atoms with van der Waals surface area (Å²) in [4.78, 5) is 11.6. The van der Waals surface area contributed by atoms with Crippen molar-refractivity contribution in [2.45, 2.75) is 149 Å². The van der Waals surface area contributed by atoms with Crippen LogP contribution in [0.25, 0.3) is 0 Å². The van der Waals surface area contributed by atoms with Crippen molar-refractivity contribution in [1.29, 1.82) is 0 Å². The van der Waals surface area contributed by atoms with Gasteiger partial charge in [-0.25, -0.2) is 0 Å². The summed E-state index contributed by atoms with van der Waals surface area (Å²) in [6.07, 6.45) is 28.7. The Balaban J connectivity index is 3.11. The molecule has 172 valence electrons. The number of esters is 1. The highest BCUT2D eigenvalue weighted by Gasteiger charge is 2.01. The van der Waals surface area contributed by atoms with Crippen LogP contribution in [-0.2, 0) is 9.53 Å². The van der Waals surface area contributed by atoms with Crippen LogP contribution < -0.4 is 0 Å². The second kappa shape index (κ2) is 23.5. The monoisotopic (exact) mass is 408 g/mol. The molecule has 2 heteroatoms. The topological polar surface area (TPSA) is 26.3 Å². The highest BCUT2D eigenvalue weighted by atomic mass is 16.5. The molecule has 0 aromatic carbocycles. The molecule has 0 aromatic rings. The first kappa shape index (κ1) is 28.2. The molecule has 0 fully saturated rings. The highest BCUT2D eigenvalue weighted by molar-refractivity contribution is 5.69. The minimum Gasteiger partial charge on any atom is -0.461 e. The van der Waals surface area contributed by atoms with Crippen LogP contribution in [0.1, 0.15) is 149 Å². The Labute approximate surface area is 183 Å². The van der Waals surface area contributed by atoms with E-state index >= 15 is 0 Å². The molecule has 0 aliphatic carbocycles. The van der Waals surface area contributed by atoms with Gasteiger partial charge < -0.3 is 4.74 Å². The van der Waals surface area contributed by atoms with E-state index in [-0.39, 0.29) is 5.97 Å². The average molecular weight is 409 g/mol. The summed E-state index contributed by atoms with van der Waals surface area (Å²) < 4.78 is 5.17. The van der Waals surface area contributed by atoms with Crippen LogP contribution in [0.5, 0.6) is 0 Å². The first-order valence-electron chi connectivity index (χ1n) is 13.0. The van der Waals surface area contributed by atoms with Gasteiger partial charge >= 0.3 is 5.97 Å². The summed E-state index contributed by atoms with van der Waals surface area (Å²) in [6.45, 7) is 6.76. The molecule has 0 rings (SSSR count). The number of allylic oxidation sites excluding steroid dienone is 1. The van der Waals surface area contributed by atoms with Crippen molar-refractivity contribution in [1.82, 2.24) is 0 Å². The zero-order valence-corrected chi connectivity index (χ0v) is 20.2. The Morgan fingerprint density at radius 2 is 0.931 bits per heavy atom. The SMILES string of the molecule is CCCCCCCCCCCCCCCCCCCCCC(=O)OCC=C(C)C. The lowest BCUT2D eigenvalue weighted by Gasteiger charge is -2.04. The van der Waals surface area contributed by atoms with Crippen LogP contribution in [0.15, 0.2) is 11.6 Å². The summed E-state index contributed by atoms with van der Waals surface area (Å²) in [5.74, 6) is -0.0468. The largest absolute Gasteiger partial charge is 0.461 e. The standard InChI is InChI=1S/C27H52O2/c1-4-5-6-7-8-9-10-11-12-13-14-15-16-17-18-19-20-21-22-23-27(28)29-25-24-26(2)3/h24H,4-23,25H2,1-3H3. The Bertz CT molecular complexity index is 369. The molecular weight excluding hydrogens is 356 g/mol. The van der Waals surface area contributed by atoms with Crippen molar-refractivity contribution < 1.29 is 9.53 Å². The molecule has 0 saturated heterocycles. The normalized spacial score (nSPS) is 10.9. The van der Waals surface area contributed by atoms with Crippen LogP contribution in [0.3, 0.4) is 0 Å². The highest BCUT2D eigenvalue weighted by Crippen LogP contribution is 2.14. The van der Waals surface area contributed by atoms with E-state index in [1.54, 1.807) is 0 Å². The van der Waals surface area contributed by atoms with Gasteiger partial charge in [0, 0.05) is 6.42 Å². The maximum absolute atomic E-state index is 11.6. The van der Waals surface area contributed by atoms with E-state index in [4.69, 9.17) is 4.74 Å². The minimum absolute atomic E-state index is 0.0468. The Morgan fingerprint density at radius 1 is 0.586 bits per heavy atom. The average Bonchev–Trinajstić information content (AvgIpc) is 2.69. The lowest BCUT2D eigenvalue weighted by Crippen LogP contribution is -2.04.